The molecule has 0 saturated carbocycles. The van der Waals surface area contributed by atoms with Crippen molar-refractivity contribution in [1.29, 1.82) is 0 Å². The summed E-state index contributed by atoms with van der Waals surface area (Å²) in [6.45, 7) is 6.97. The van der Waals surface area contributed by atoms with Gasteiger partial charge in [0.25, 0.3) is 0 Å². The minimum atomic E-state index is -0.310. The van der Waals surface area contributed by atoms with Crippen molar-refractivity contribution in [3.63, 3.8) is 0 Å². The molecule has 0 amide bonds. The van der Waals surface area contributed by atoms with Crippen LogP contribution >= 0.6 is 0 Å². The molecule has 0 radical (unpaired) electrons. The smallest absolute Gasteiger partial charge is 0.341 e. The van der Waals surface area contributed by atoms with E-state index < -0.39 is 0 Å². The van der Waals surface area contributed by atoms with Crippen molar-refractivity contribution in [3.8, 4) is 0 Å². The summed E-state index contributed by atoms with van der Waals surface area (Å²) < 4.78 is 12.5. The van der Waals surface area contributed by atoms with E-state index in [0.29, 0.717) is 12.2 Å². The van der Waals surface area contributed by atoms with Gasteiger partial charge in [-0.3, -0.25) is 4.68 Å². The Kier molecular flexibility index (Phi) is 4.01. The van der Waals surface area contributed by atoms with Gasteiger partial charge in [0.15, 0.2) is 0 Å². The van der Waals surface area contributed by atoms with Crippen molar-refractivity contribution in [1.82, 2.24) is 9.78 Å². The summed E-state index contributed by atoms with van der Waals surface area (Å²) in [5.74, 6) is -0.310. The number of aromatic nitrogens is 2. The highest BCUT2D eigenvalue weighted by Crippen LogP contribution is 2.30. The standard InChI is InChI=1S/C13H20N2O3/c1-4-17-13(16)10-8-15(9(2)3)14-12(10)11-6-5-7-18-11/h8-9,11H,4-7H2,1-3H3. The summed E-state index contributed by atoms with van der Waals surface area (Å²) in [6.07, 6.45) is 3.63. The molecular formula is C13H20N2O3. The molecule has 2 rings (SSSR count). The third kappa shape index (κ3) is 2.56. The molecule has 1 atom stereocenters. The first kappa shape index (κ1) is 13.1. The number of carbonyl (C=O) groups excluding carboxylic acids is 1. The van der Waals surface area contributed by atoms with E-state index in [9.17, 15) is 4.79 Å². The summed E-state index contributed by atoms with van der Waals surface area (Å²) in [4.78, 5) is 11.9. The van der Waals surface area contributed by atoms with Gasteiger partial charge in [0.1, 0.15) is 17.4 Å². The molecule has 0 N–H and O–H groups in total. The first-order chi connectivity index (χ1) is 8.63. The highest BCUT2D eigenvalue weighted by molar-refractivity contribution is 5.90. The number of hydrogen-bond donors (Lipinski definition) is 0. The molecule has 18 heavy (non-hydrogen) atoms. The monoisotopic (exact) mass is 252 g/mol. The van der Waals surface area contributed by atoms with Crippen LogP contribution in [0.25, 0.3) is 0 Å². The average molecular weight is 252 g/mol. The van der Waals surface area contributed by atoms with Crippen LogP contribution in [-0.4, -0.2) is 29.0 Å². The number of carbonyl (C=O) groups is 1. The maximum atomic E-state index is 11.9. The van der Waals surface area contributed by atoms with Crippen molar-refractivity contribution < 1.29 is 14.3 Å². The van der Waals surface area contributed by atoms with Gasteiger partial charge in [0.05, 0.1) is 6.61 Å². The molecule has 1 aromatic rings. The molecule has 2 heterocycles. The van der Waals surface area contributed by atoms with Crippen molar-refractivity contribution >= 4 is 5.97 Å². The molecule has 0 spiro atoms. The zero-order valence-corrected chi connectivity index (χ0v) is 11.2. The molecule has 0 bridgehead atoms. The predicted octanol–water partition coefficient (Wildman–Crippen LogP) is 2.49. The number of esters is 1. The maximum absolute atomic E-state index is 11.9. The minimum absolute atomic E-state index is 0.0654. The van der Waals surface area contributed by atoms with Gasteiger partial charge in [-0.15, -0.1) is 0 Å². The Morgan fingerprint density at radius 1 is 1.67 bits per heavy atom. The molecule has 1 aliphatic rings. The van der Waals surface area contributed by atoms with E-state index >= 15 is 0 Å². The molecule has 100 valence electrons. The van der Waals surface area contributed by atoms with Crippen LogP contribution in [0.5, 0.6) is 0 Å². The first-order valence-corrected chi connectivity index (χ1v) is 6.51. The second-order valence-corrected chi connectivity index (χ2v) is 4.72. The lowest BCUT2D eigenvalue weighted by molar-refractivity contribution is 0.0514. The van der Waals surface area contributed by atoms with Crippen molar-refractivity contribution in [2.75, 3.05) is 13.2 Å². The largest absolute Gasteiger partial charge is 0.462 e. The summed E-state index contributed by atoms with van der Waals surface area (Å²) in [5.41, 5.74) is 1.26. The lowest BCUT2D eigenvalue weighted by Gasteiger charge is -2.08. The zero-order valence-electron chi connectivity index (χ0n) is 11.2. The van der Waals surface area contributed by atoms with Crippen LogP contribution in [0.4, 0.5) is 0 Å². The Balaban J connectivity index is 2.32. The quantitative estimate of drug-likeness (QED) is 0.772. The van der Waals surface area contributed by atoms with Crippen molar-refractivity contribution in [3.05, 3.63) is 17.5 Å². The highest BCUT2D eigenvalue weighted by atomic mass is 16.5. The Labute approximate surface area is 107 Å². The van der Waals surface area contributed by atoms with Gasteiger partial charge in [-0.2, -0.15) is 5.10 Å². The van der Waals surface area contributed by atoms with Crippen molar-refractivity contribution in [2.45, 2.75) is 45.8 Å². The van der Waals surface area contributed by atoms with Gasteiger partial charge in [0, 0.05) is 18.8 Å². The Morgan fingerprint density at radius 3 is 3.00 bits per heavy atom. The van der Waals surface area contributed by atoms with Gasteiger partial charge in [-0.05, 0) is 33.6 Å². The Bertz CT molecular complexity index is 420. The summed E-state index contributed by atoms with van der Waals surface area (Å²) in [5, 5.41) is 4.49. The van der Waals surface area contributed by atoms with E-state index in [0.717, 1.165) is 25.1 Å². The number of rotatable bonds is 4. The predicted molar refractivity (Wildman–Crippen MR) is 66.5 cm³/mol. The second kappa shape index (κ2) is 5.52. The molecule has 1 fully saturated rings. The molecule has 0 aliphatic carbocycles. The normalized spacial score (nSPS) is 19.4. The van der Waals surface area contributed by atoms with Gasteiger partial charge in [-0.25, -0.2) is 4.79 Å². The lowest BCUT2D eigenvalue weighted by Crippen LogP contribution is -2.09. The third-order valence-corrected chi connectivity index (χ3v) is 3.02. The average Bonchev–Trinajstić information content (AvgIpc) is 2.98. The Hall–Kier alpha value is -1.36. The Morgan fingerprint density at radius 2 is 2.44 bits per heavy atom. The van der Waals surface area contributed by atoms with Crippen molar-refractivity contribution in [2.24, 2.45) is 0 Å². The van der Waals surface area contributed by atoms with E-state index in [-0.39, 0.29) is 18.1 Å². The van der Waals surface area contributed by atoms with E-state index in [1.54, 1.807) is 17.8 Å². The summed E-state index contributed by atoms with van der Waals surface area (Å²) in [6, 6.07) is 0.216. The van der Waals surface area contributed by atoms with Crippen LogP contribution in [0.3, 0.4) is 0 Å². The number of ether oxygens (including phenoxy) is 2. The topological polar surface area (TPSA) is 53.4 Å². The highest BCUT2D eigenvalue weighted by Gasteiger charge is 2.28. The van der Waals surface area contributed by atoms with Crippen LogP contribution in [-0.2, 0) is 9.47 Å². The lowest BCUT2D eigenvalue weighted by atomic mass is 10.1. The summed E-state index contributed by atoms with van der Waals surface area (Å²) >= 11 is 0. The molecule has 0 aromatic carbocycles. The fourth-order valence-electron chi connectivity index (χ4n) is 2.07. The minimum Gasteiger partial charge on any atom is -0.462 e. The SMILES string of the molecule is CCOC(=O)c1cn(C(C)C)nc1C1CCCO1. The zero-order chi connectivity index (χ0) is 13.1. The molecular weight excluding hydrogens is 232 g/mol. The maximum Gasteiger partial charge on any atom is 0.341 e. The fourth-order valence-corrected chi connectivity index (χ4v) is 2.07. The number of nitrogens with zero attached hydrogens (tertiary/aromatic N) is 2. The first-order valence-electron chi connectivity index (χ1n) is 6.51. The molecule has 5 nitrogen and oxygen atoms in total. The van der Waals surface area contributed by atoms with Crippen LogP contribution in [0.1, 0.15) is 61.8 Å². The molecule has 5 heteroatoms. The molecule has 1 aliphatic heterocycles. The van der Waals surface area contributed by atoms with E-state index in [4.69, 9.17) is 9.47 Å². The van der Waals surface area contributed by atoms with E-state index in [1.165, 1.54) is 0 Å². The molecule has 1 aromatic heterocycles. The van der Waals surface area contributed by atoms with Gasteiger partial charge in [-0.1, -0.05) is 0 Å². The van der Waals surface area contributed by atoms with Crippen LogP contribution in [0.15, 0.2) is 6.20 Å². The van der Waals surface area contributed by atoms with Crippen LogP contribution in [0.2, 0.25) is 0 Å². The van der Waals surface area contributed by atoms with Gasteiger partial charge < -0.3 is 9.47 Å². The van der Waals surface area contributed by atoms with Crippen LogP contribution in [0, 0.1) is 0 Å². The number of hydrogen-bond acceptors (Lipinski definition) is 4. The third-order valence-electron chi connectivity index (χ3n) is 3.02. The molecule has 1 unspecified atom stereocenters. The summed E-state index contributed by atoms with van der Waals surface area (Å²) in [7, 11) is 0. The van der Waals surface area contributed by atoms with Gasteiger partial charge >= 0.3 is 5.97 Å². The van der Waals surface area contributed by atoms with E-state index in [2.05, 4.69) is 5.10 Å². The van der Waals surface area contributed by atoms with Crippen LogP contribution < -0.4 is 0 Å². The van der Waals surface area contributed by atoms with Gasteiger partial charge in [0.2, 0.25) is 0 Å². The second-order valence-electron chi connectivity index (χ2n) is 4.72. The van der Waals surface area contributed by atoms with E-state index in [1.807, 2.05) is 13.8 Å². The fraction of sp³-hybridized carbons (Fsp3) is 0.692. The molecule has 1 saturated heterocycles.